The number of fused-ring (bicyclic) bond motifs is 3. The van der Waals surface area contributed by atoms with Gasteiger partial charge >= 0.3 is 18.9 Å². The van der Waals surface area contributed by atoms with Crippen molar-refractivity contribution in [2.45, 2.75) is 52.4 Å². The Morgan fingerprint density at radius 1 is 0.636 bits per heavy atom. The standard InChI is InChI=1S/C21H25.Li/c1-20(2,3)16-9-7-14-11-15-8-10-17(21(4,5)6)13-19(15)18(14)12-16;/h7-13H,1-6H3;/q-1;+1. The third kappa shape index (κ3) is 3.01. The summed E-state index contributed by atoms with van der Waals surface area (Å²) in [6, 6.07) is 16.1. The molecule has 0 N–H and O–H groups in total. The summed E-state index contributed by atoms with van der Waals surface area (Å²) < 4.78 is 0. The van der Waals surface area contributed by atoms with Crippen LogP contribution >= 0.6 is 0 Å². The van der Waals surface area contributed by atoms with E-state index in [0.29, 0.717) is 0 Å². The van der Waals surface area contributed by atoms with E-state index < -0.39 is 0 Å². The molecular formula is C21H25Li. The maximum absolute atomic E-state index is 2.38. The second kappa shape index (κ2) is 5.52. The molecule has 0 aliphatic rings. The van der Waals surface area contributed by atoms with E-state index in [1.165, 1.54) is 32.7 Å². The first-order valence-corrected chi connectivity index (χ1v) is 7.80. The molecule has 0 nitrogen and oxygen atoms in total. The van der Waals surface area contributed by atoms with E-state index in [4.69, 9.17) is 0 Å². The van der Waals surface area contributed by atoms with E-state index in [9.17, 15) is 0 Å². The van der Waals surface area contributed by atoms with Gasteiger partial charge in [0.25, 0.3) is 0 Å². The van der Waals surface area contributed by atoms with Crippen LogP contribution in [0.25, 0.3) is 21.5 Å². The normalized spacial score (nSPS) is 12.6. The minimum absolute atomic E-state index is 0. The summed E-state index contributed by atoms with van der Waals surface area (Å²) in [5.41, 5.74) is 3.20. The Balaban J connectivity index is 0.00000176. The van der Waals surface area contributed by atoms with Crippen molar-refractivity contribution in [1.29, 1.82) is 0 Å². The van der Waals surface area contributed by atoms with Crippen LogP contribution in [0.5, 0.6) is 0 Å². The smallest absolute Gasteiger partial charge is 0.126 e. The summed E-state index contributed by atoms with van der Waals surface area (Å²) in [7, 11) is 0. The van der Waals surface area contributed by atoms with Gasteiger partial charge in [0, 0.05) is 0 Å². The van der Waals surface area contributed by atoms with E-state index in [1.807, 2.05) is 0 Å². The van der Waals surface area contributed by atoms with E-state index in [0.717, 1.165) is 0 Å². The van der Waals surface area contributed by atoms with Crippen LogP contribution in [0.15, 0.2) is 42.5 Å². The predicted octanol–water partition coefficient (Wildman–Crippen LogP) is 3.31. The summed E-state index contributed by atoms with van der Waals surface area (Å²) in [5, 5.41) is 5.49. The fourth-order valence-corrected chi connectivity index (χ4v) is 2.93. The largest absolute Gasteiger partial charge is 1.00 e. The van der Waals surface area contributed by atoms with E-state index in [-0.39, 0.29) is 29.7 Å². The Morgan fingerprint density at radius 2 is 1.00 bits per heavy atom. The van der Waals surface area contributed by atoms with Crippen molar-refractivity contribution in [3.8, 4) is 0 Å². The molecule has 0 atom stereocenters. The maximum atomic E-state index is 2.38. The average molecular weight is 284 g/mol. The Bertz CT molecular complexity index is 739. The molecule has 0 aliphatic carbocycles. The topological polar surface area (TPSA) is 0 Å². The van der Waals surface area contributed by atoms with Gasteiger partial charge in [0.15, 0.2) is 0 Å². The molecule has 0 heterocycles. The van der Waals surface area contributed by atoms with Crippen LogP contribution in [0.1, 0.15) is 52.7 Å². The fourth-order valence-electron chi connectivity index (χ4n) is 2.93. The molecule has 3 rings (SSSR count). The summed E-state index contributed by atoms with van der Waals surface area (Å²) in [6.07, 6.45) is 0. The molecule has 0 radical (unpaired) electrons. The van der Waals surface area contributed by atoms with Gasteiger partial charge in [0.1, 0.15) is 0 Å². The summed E-state index contributed by atoms with van der Waals surface area (Å²) in [6.45, 7) is 13.7. The quantitative estimate of drug-likeness (QED) is 0.439. The zero-order chi connectivity index (χ0) is 15.4. The molecule has 0 saturated carbocycles. The number of benzene rings is 2. The SMILES string of the molecule is CC(C)(C)c1ccc2[cH-]c3ccc(C(C)(C)C)cc3c2c1.[Li+]. The molecule has 0 unspecified atom stereocenters. The van der Waals surface area contributed by atoms with Crippen molar-refractivity contribution < 1.29 is 18.9 Å². The van der Waals surface area contributed by atoms with Crippen molar-refractivity contribution in [1.82, 2.24) is 0 Å². The monoisotopic (exact) mass is 284 g/mol. The fraction of sp³-hybridized carbons (Fsp3) is 0.381. The van der Waals surface area contributed by atoms with Crippen LogP contribution in [0, 0.1) is 0 Å². The molecule has 0 bridgehead atoms. The summed E-state index contributed by atoms with van der Waals surface area (Å²) >= 11 is 0. The Hall–Kier alpha value is -1.09. The van der Waals surface area contributed by atoms with E-state index >= 15 is 0 Å². The Morgan fingerprint density at radius 3 is 1.32 bits per heavy atom. The summed E-state index contributed by atoms with van der Waals surface area (Å²) in [4.78, 5) is 0. The molecule has 0 amide bonds. The summed E-state index contributed by atoms with van der Waals surface area (Å²) in [5.74, 6) is 0. The van der Waals surface area contributed by atoms with Crippen LogP contribution in [-0.2, 0) is 10.8 Å². The van der Waals surface area contributed by atoms with Gasteiger partial charge in [-0.2, -0.15) is 0 Å². The maximum Gasteiger partial charge on any atom is 1.00 e. The van der Waals surface area contributed by atoms with Crippen molar-refractivity contribution in [2.75, 3.05) is 0 Å². The van der Waals surface area contributed by atoms with Gasteiger partial charge in [-0.1, -0.05) is 76.9 Å². The number of hydrogen-bond acceptors (Lipinski definition) is 0. The molecule has 1 heteroatoms. The zero-order valence-corrected chi connectivity index (χ0v) is 15.0. The molecule has 0 spiro atoms. The number of rotatable bonds is 0. The first-order chi connectivity index (χ1) is 9.66. The van der Waals surface area contributed by atoms with Crippen molar-refractivity contribution >= 4 is 21.5 Å². The molecule has 110 valence electrons. The van der Waals surface area contributed by atoms with Crippen LogP contribution in [-0.4, -0.2) is 0 Å². The first kappa shape index (κ1) is 17.3. The third-order valence-corrected chi connectivity index (χ3v) is 4.44. The molecule has 3 aromatic rings. The van der Waals surface area contributed by atoms with Gasteiger partial charge in [0.2, 0.25) is 0 Å². The number of hydrogen-bond donors (Lipinski definition) is 0. The predicted molar refractivity (Wildman–Crippen MR) is 94.4 cm³/mol. The second-order valence-corrected chi connectivity index (χ2v) is 8.25. The van der Waals surface area contributed by atoms with Gasteiger partial charge < -0.3 is 0 Å². The molecule has 0 aromatic heterocycles. The van der Waals surface area contributed by atoms with Gasteiger partial charge in [-0.3, -0.25) is 0 Å². The minimum Gasteiger partial charge on any atom is -0.126 e. The van der Waals surface area contributed by atoms with Crippen LogP contribution < -0.4 is 18.9 Å². The van der Waals surface area contributed by atoms with Gasteiger partial charge in [-0.25, -0.2) is 0 Å². The van der Waals surface area contributed by atoms with Crippen molar-refractivity contribution in [3.05, 3.63) is 53.6 Å². The molecule has 0 fully saturated rings. The van der Waals surface area contributed by atoms with Crippen LogP contribution in [0.2, 0.25) is 0 Å². The minimum atomic E-state index is 0. The van der Waals surface area contributed by atoms with Crippen molar-refractivity contribution in [3.63, 3.8) is 0 Å². The first-order valence-electron chi connectivity index (χ1n) is 7.80. The Kier molecular flexibility index (Phi) is 4.33. The van der Waals surface area contributed by atoms with Gasteiger partial charge in [0.05, 0.1) is 0 Å². The second-order valence-electron chi connectivity index (χ2n) is 8.25. The zero-order valence-electron chi connectivity index (χ0n) is 15.0. The van der Waals surface area contributed by atoms with Crippen LogP contribution in [0.3, 0.4) is 0 Å². The molecular weight excluding hydrogens is 259 g/mol. The molecule has 3 aromatic carbocycles. The van der Waals surface area contributed by atoms with Gasteiger partial charge in [-0.05, 0) is 10.8 Å². The van der Waals surface area contributed by atoms with Gasteiger partial charge in [-0.15, -0.1) is 39.7 Å². The molecule has 0 saturated heterocycles. The third-order valence-electron chi connectivity index (χ3n) is 4.44. The Labute approximate surface area is 146 Å². The molecule has 0 aliphatic heterocycles. The van der Waals surface area contributed by atoms with E-state index in [1.54, 1.807) is 0 Å². The molecule has 22 heavy (non-hydrogen) atoms. The van der Waals surface area contributed by atoms with E-state index in [2.05, 4.69) is 84.0 Å². The average Bonchev–Trinajstić information content (AvgIpc) is 2.73. The van der Waals surface area contributed by atoms with Crippen molar-refractivity contribution in [2.24, 2.45) is 0 Å². The van der Waals surface area contributed by atoms with Crippen LogP contribution in [0.4, 0.5) is 0 Å².